The first-order chi connectivity index (χ1) is 8.02. The summed E-state index contributed by atoms with van der Waals surface area (Å²) < 4.78 is 0. The van der Waals surface area contributed by atoms with Gasteiger partial charge in [-0.3, -0.25) is 9.59 Å². The van der Waals surface area contributed by atoms with Crippen LogP contribution in [0.1, 0.15) is 40.0 Å². The summed E-state index contributed by atoms with van der Waals surface area (Å²) >= 11 is 1.18. The highest BCUT2D eigenvalue weighted by Gasteiger charge is 2.21. The van der Waals surface area contributed by atoms with Crippen molar-refractivity contribution in [2.24, 2.45) is 5.92 Å². The van der Waals surface area contributed by atoms with E-state index in [1.54, 1.807) is 13.8 Å². The molecule has 0 aliphatic heterocycles. The smallest absolute Gasteiger partial charge is 0.219 e. The molecule has 17 heavy (non-hydrogen) atoms. The van der Waals surface area contributed by atoms with Crippen molar-refractivity contribution < 1.29 is 14.7 Å². The molecule has 5 heteroatoms. The zero-order valence-corrected chi connectivity index (χ0v) is 11.7. The molecule has 0 aromatic heterocycles. The molecule has 2 N–H and O–H groups in total. The van der Waals surface area contributed by atoms with Gasteiger partial charge in [-0.15, -0.1) is 0 Å². The first kappa shape index (κ1) is 16.4. The van der Waals surface area contributed by atoms with Crippen LogP contribution in [0, 0.1) is 5.92 Å². The van der Waals surface area contributed by atoms with E-state index in [-0.39, 0.29) is 16.9 Å². The van der Waals surface area contributed by atoms with E-state index >= 15 is 0 Å². The fraction of sp³-hybridized carbons (Fsp3) is 0.833. The summed E-state index contributed by atoms with van der Waals surface area (Å²) in [6.45, 7) is 6.02. The summed E-state index contributed by atoms with van der Waals surface area (Å²) in [5.74, 6) is 0.229. The molecule has 0 spiro atoms. The molecule has 1 amide bonds. The molecular weight excluding hydrogens is 238 g/mol. The third-order valence-electron chi connectivity index (χ3n) is 2.52. The second-order valence-electron chi connectivity index (χ2n) is 4.02. The predicted molar refractivity (Wildman–Crippen MR) is 70.8 cm³/mol. The SMILES string of the molecule is CCC[C@H](O)[C@@H](C)C(=O)SCCNC(=O)CC. The second-order valence-corrected chi connectivity index (χ2v) is 5.11. The van der Waals surface area contributed by atoms with Gasteiger partial charge in [0.2, 0.25) is 5.91 Å². The molecule has 2 atom stereocenters. The molecule has 4 nitrogen and oxygen atoms in total. The van der Waals surface area contributed by atoms with Gasteiger partial charge in [0.15, 0.2) is 5.12 Å². The molecule has 0 aromatic carbocycles. The van der Waals surface area contributed by atoms with Gasteiger partial charge in [-0.1, -0.05) is 39.0 Å². The summed E-state index contributed by atoms with van der Waals surface area (Å²) in [7, 11) is 0. The van der Waals surface area contributed by atoms with E-state index in [1.165, 1.54) is 11.8 Å². The van der Waals surface area contributed by atoms with Crippen molar-refractivity contribution in [1.82, 2.24) is 5.32 Å². The van der Waals surface area contributed by atoms with Crippen molar-refractivity contribution in [3.63, 3.8) is 0 Å². The molecule has 0 aromatic rings. The zero-order valence-electron chi connectivity index (χ0n) is 10.9. The zero-order chi connectivity index (χ0) is 13.3. The Labute approximate surface area is 108 Å². The normalized spacial score (nSPS) is 14.1. The summed E-state index contributed by atoms with van der Waals surface area (Å²) in [4.78, 5) is 22.6. The predicted octanol–water partition coefficient (Wildman–Crippen LogP) is 1.57. The average Bonchev–Trinajstić information content (AvgIpc) is 2.33. The van der Waals surface area contributed by atoms with E-state index in [0.29, 0.717) is 25.1 Å². The van der Waals surface area contributed by atoms with Crippen LogP contribution in [0.15, 0.2) is 0 Å². The quantitative estimate of drug-likeness (QED) is 0.651. The highest BCUT2D eigenvalue weighted by atomic mass is 32.2. The standard InChI is InChI=1S/C12H23NO3S/c1-4-6-10(14)9(3)12(16)17-8-7-13-11(15)5-2/h9-10,14H,4-8H2,1-3H3,(H,13,15)/t9-,10+/m1/s1. The molecular formula is C12H23NO3S. The Bertz CT molecular complexity index is 246. The highest BCUT2D eigenvalue weighted by molar-refractivity contribution is 8.13. The lowest BCUT2D eigenvalue weighted by Gasteiger charge is -2.16. The van der Waals surface area contributed by atoms with Crippen LogP contribution >= 0.6 is 11.8 Å². The number of hydrogen-bond acceptors (Lipinski definition) is 4. The third-order valence-corrected chi connectivity index (χ3v) is 3.59. The van der Waals surface area contributed by atoms with E-state index in [0.717, 1.165) is 6.42 Å². The minimum absolute atomic E-state index is 0.00267. The van der Waals surface area contributed by atoms with E-state index in [4.69, 9.17) is 0 Å². The molecule has 0 aliphatic carbocycles. The van der Waals surface area contributed by atoms with Gasteiger partial charge in [0, 0.05) is 18.7 Å². The number of thioether (sulfide) groups is 1. The lowest BCUT2D eigenvalue weighted by atomic mass is 10.0. The van der Waals surface area contributed by atoms with Crippen LogP contribution in [0.4, 0.5) is 0 Å². The Kier molecular flexibility index (Phi) is 9.17. The summed E-state index contributed by atoms with van der Waals surface area (Å²) in [5.41, 5.74) is 0. The van der Waals surface area contributed by atoms with Gasteiger partial charge in [-0.2, -0.15) is 0 Å². The number of rotatable bonds is 8. The molecule has 0 radical (unpaired) electrons. The van der Waals surface area contributed by atoms with Crippen LogP contribution in [-0.2, 0) is 9.59 Å². The Morgan fingerprint density at radius 3 is 2.53 bits per heavy atom. The fourth-order valence-electron chi connectivity index (χ4n) is 1.30. The maximum Gasteiger partial charge on any atom is 0.219 e. The van der Waals surface area contributed by atoms with Gasteiger partial charge >= 0.3 is 0 Å². The molecule has 0 saturated carbocycles. The summed E-state index contributed by atoms with van der Waals surface area (Å²) in [5, 5.41) is 12.4. The lowest BCUT2D eigenvalue weighted by Crippen LogP contribution is -2.27. The van der Waals surface area contributed by atoms with E-state index in [9.17, 15) is 14.7 Å². The largest absolute Gasteiger partial charge is 0.392 e. The number of hydrogen-bond donors (Lipinski definition) is 2. The lowest BCUT2D eigenvalue weighted by molar-refractivity contribution is -0.120. The number of carbonyl (C=O) groups excluding carboxylic acids is 2. The van der Waals surface area contributed by atoms with Crippen LogP contribution < -0.4 is 5.32 Å². The molecule has 0 bridgehead atoms. The van der Waals surface area contributed by atoms with Crippen molar-refractivity contribution in [3.05, 3.63) is 0 Å². The maximum absolute atomic E-state index is 11.7. The minimum Gasteiger partial charge on any atom is -0.392 e. The van der Waals surface area contributed by atoms with Gasteiger partial charge in [-0.25, -0.2) is 0 Å². The van der Waals surface area contributed by atoms with Gasteiger partial charge in [-0.05, 0) is 6.42 Å². The van der Waals surface area contributed by atoms with Crippen molar-refractivity contribution in [2.75, 3.05) is 12.3 Å². The summed E-state index contributed by atoms with van der Waals surface area (Å²) in [6.07, 6.45) is 1.44. The Morgan fingerprint density at radius 1 is 1.35 bits per heavy atom. The number of amides is 1. The first-order valence-electron chi connectivity index (χ1n) is 6.14. The molecule has 0 saturated heterocycles. The first-order valence-corrected chi connectivity index (χ1v) is 7.12. The third kappa shape index (κ3) is 7.39. The van der Waals surface area contributed by atoms with Crippen LogP contribution in [0.25, 0.3) is 0 Å². The van der Waals surface area contributed by atoms with Crippen LogP contribution in [0.2, 0.25) is 0 Å². The number of aliphatic hydroxyl groups excluding tert-OH is 1. The average molecular weight is 261 g/mol. The number of carbonyl (C=O) groups is 2. The molecule has 0 unspecified atom stereocenters. The topological polar surface area (TPSA) is 66.4 Å². The Balaban J connectivity index is 3.74. The number of aliphatic hydroxyl groups is 1. The van der Waals surface area contributed by atoms with Crippen LogP contribution in [0.5, 0.6) is 0 Å². The molecule has 0 rings (SSSR count). The van der Waals surface area contributed by atoms with Crippen molar-refractivity contribution in [2.45, 2.75) is 46.1 Å². The van der Waals surface area contributed by atoms with Gasteiger partial charge < -0.3 is 10.4 Å². The van der Waals surface area contributed by atoms with Crippen LogP contribution in [0.3, 0.4) is 0 Å². The Morgan fingerprint density at radius 2 is 2.00 bits per heavy atom. The van der Waals surface area contributed by atoms with E-state index < -0.39 is 6.10 Å². The minimum atomic E-state index is -0.551. The molecule has 0 fully saturated rings. The molecule has 0 heterocycles. The van der Waals surface area contributed by atoms with Crippen molar-refractivity contribution in [1.29, 1.82) is 0 Å². The Hall–Kier alpha value is -0.550. The monoisotopic (exact) mass is 261 g/mol. The second kappa shape index (κ2) is 9.48. The van der Waals surface area contributed by atoms with E-state index in [2.05, 4.69) is 5.32 Å². The molecule has 100 valence electrons. The maximum atomic E-state index is 11.7. The molecule has 0 aliphatic rings. The van der Waals surface area contributed by atoms with Gasteiger partial charge in [0.05, 0.1) is 12.0 Å². The summed E-state index contributed by atoms with van der Waals surface area (Å²) in [6, 6.07) is 0. The van der Waals surface area contributed by atoms with Gasteiger partial charge in [0.1, 0.15) is 0 Å². The highest BCUT2D eigenvalue weighted by Crippen LogP contribution is 2.17. The van der Waals surface area contributed by atoms with Crippen LogP contribution in [-0.4, -0.2) is 34.5 Å². The van der Waals surface area contributed by atoms with E-state index in [1.807, 2.05) is 6.92 Å². The number of nitrogens with one attached hydrogen (secondary N) is 1. The fourth-order valence-corrected chi connectivity index (χ4v) is 2.13. The van der Waals surface area contributed by atoms with Gasteiger partial charge in [0.25, 0.3) is 0 Å². The van der Waals surface area contributed by atoms with Crippen molar-refractivity contribution >= 4 is 22.8 Å². The van der Waals surface area contributed by atoms with Crippen molar-refractivity contribution in [3.8, 4) is 0 Å².